The fraction of sp³-hybridized carbons (Fsp3) is 0.0833. The van der Waals surface area contributed by atoms with Crippen molar-refractivity contribution in [3.05, 3.63) is 90.8 Å². The number of hydrogen-bond donors (Lipinski definition) is 1. The predicted molar refractivity (Wildman–Crippen MR) is 136 cm³/mol. The summed E-state index contributed by atoms with van der Waals surface area (Å²) < 4.78 is 14.0. The number of rotatable bonds is 7. The van der Waals surface area contributed by atoms with E-state index in [2.05, 4.69) is 53.1 Å². The highest BCUT2D eigenvalue weighted by Gasteiger charge is 2.14. The molecule has 0 radical (unpaired) electrons. The number of methoxy groups -OCH3 is 1. The molecule has 0 aliphatic rings. The number of amides is 1. The standard InChI is InChI=1S/C24H17Br3N2O3/c1-31-22-12-16(10-17(13-28)24(30)29-20-8-6-19(26)7-9-20)11-21(27)23(22)32-14-15-2-4-18(25)5-3-15/h2-12H,14H2,1H3,(H,29,30)/b17-10-. The van der Waals surface area contributed by atoms with Crippen molar-refractivity contribution in [1.29, 1.82) is 5.26 Å². The molecular weight excluding hydrogens is 604 g/mol. The van der Waals surface area contributed by atoms with Crippen molar-refractivity contribution in [2.45, 2.75) is 6.61 Å². The van der Waals surface area contributed by atoms with Crippen LogP contribution in [0.1, 0.15) is 11.1 Å². The minimum Gasteiger partial charge on any atom is -0.493 e. The van der Waals surface area contributed by atoms with Gasteiger partial charge in [0, 0.05) is 14.6 Å². The van der Waals surface area contributed by atoms with E-state index < -0.39 is 5.91 Å². The van der Waals surface area contributed by atoms with Crippen LogP contribution in [-0.2, 0) is 11.4 Å². The molecule has 0 atom stereocenters. The highest BCUT2D eigenvalue weighted by molar-refractivity contribution is 9.11. The molecule has 5 nitrogen and oxygen atoms in total. The lowest BCUT2D eigenvalue weighted by Crippen LogP contribution is -2.13. The minimum absolute atomic E-state index is 0.0367. The third-order valence-electron chi connectivity index (χ3n) is 4.33. The van der Waals surface area contributed by atoms with E-state index in [4.69, 9.17) is 9.47 Å². The van der Waals surface area contributed by atoms with Crippen molar-refractivity contribution in [1.82, 2.24) is 0 Å². The first kappa shape index (κ1) is 24.1. The van der Waals surface area contributed by atoms with Gasteiger partial charge in [-0.15, -0.1) is 0 Å². The van der Waals surface area contributed by atoms with Crippen LogP contribution in [0.4, 0.5) is 5.69 Å². The van der Waals surface area contributed by atoms with Gasteiger partial charge >= 0.3 is 0 Å². The lowest BCUT2D eigenvalue weighted by molar-refractivity contribution is -0.112. The van der Waals surface area contributed by atoms with E-state index >= 15 is 0 Å². The zero-order chi connectivity index (χ0) is 23.1. The smallest absolute Gasteiger partial charge is 0.266 e. The van der Waals surface area contributed by atoms with Crippen LogP contribution in [0.3, 0.4) is 0 Å². The van der Waals surface area contributed by atoms with Crippen molar-refractivity contribution in [3.8, 4) is 17.6 Å². The topological polar surface area (TPSA) is 71.3 Å². The van der Waals surface area contributed by atoms with E-state index in [-0.39, 0.29) is 5.57 Å². The van der Waals surface area contributed by atoms with E-state index in [1.165, 1.54) is 13.2 Å². The van der Waals surface area contributed by atoms with Gasteiger partial charge in [0.25, 0.3) is 5.91 Å². The molecule has 32 heavy (non-hydrogen) atoms. The van der Waals surface area contributed by atoms with Crippen LogP contribution in [0, 0.1) is 11.3 Å². The van der Waals surface area contributed by atoms with Crippen LogP contribution in [0.15, 0.2) is 79.7 Å². The average molecular weight is 621 g/mol. The first-order chi connectivity index (χ1) is 15.4. The molecular formula is C24H17Br3N2O3. The number of hydrogen-bond acceptors (Lipinski definition) is 4. The summed E-state index contributed by atoms with van der Waals surface area (Å²) in [6.07, 6.45) is 1.50. The second kappa shape index (κ2) is 11.3. The summed E-state index contributed by atoms with van der Waals surface area (Å²) in [4.78, 5) is 12.5. The molecule has 0 saturated heterocycles. The fourth-order valence-electron chi connectivity index (χ4n) is 2.75. The van der Waals surface area contributed by atoms with Gasteiger partial charge in [-0.2, -0.15) is 5.26 Å². The lowest BCUT2D eigenvalue weighted by atomic mass is 10.1. The number of carbonyl (C=O) groups excluding carboxylic acids is 1. The number of nitrogens with one attached hydrogen (secondary N) is 1. The Morgan fingerprint density at radius 2 is 1.66 bits per heavy atom. The molecule has 0 spiro atoms. The number of ether oxygens (including phenoxy) is 2. The van der Waals surface area contributed by atoms with Gasteiger partial charge in [0.05, 0.1) is 11.6 Å². The van der Waals surface area contributed by atoms with Gasteiger partial charge < -0.3 is 14.8 Å². The molecule has 0 saturated carbocycles. The van der Waals surface area contributed by atoms with Crippen molar-refractivity contribution in [2.24, 2.45) is 0 Å². The monoisotopic (exact) mass is 618 g/mol. The van der Waals surface area contributed by atoms with E-state index in [1.807, 2.05) is 30.3 Å². The summed E-state index contributed by atoms with van der Waals surface area (Å²) in [7, 11) is 1.53. The van der Waals surface area contributed by atoms with E-state index in [0.29, 0.717) is 33.8 Å². The summed E-state index contributed by atoms with van der Waals surface area (Å²) in [6.45, 7) is 0.358. The van der Waals surface area contributed by atoms with Crippen molar-refractivity contribution < 1.29 is 14.3 Å². The fourth-order valence-corrected chi connectivity index (χ4v) is 3.85. The Balaban J connectivity index is 1.80. The second-order valence-electron chi connectivity index (χ2n) is 6.58. The molecule has 3 rings (SSSR count). The number of halogens is 3. The van der Waals surface area contributed by atoms with Gasteiger partial charge in [-0.1, -0.05) is 44.0 Å². The maximum Gasteiger partial charge on any atom is 0.266 e. The molecule has 0 aromatic heterocycles. The SMILES string of the molecule is COc1cc(/C=C(/C#N)C(=O)Nc2ccc(Br)cc2)cc(Br)c1OCc1ccc(Br)cc1. The van der Waals surface area contributed by atoms with Crippen LogP contribution >= 0.6 is 47.8 Å². The first-order valence-corrected chi connectivity index (χ1v) is 11.7. The van der Waals surface area contributed by atoms with E-state index in [1.54, 1.807) is 36.4 Å². The molecule has 0 unspecified atom stereocenters. The summed E-state index contributed by atoms with van der Waals surface area (Å²) in [6, 6.07) is 20.4. The van der Waals surface area contributed by atoms with Crippen LogP contribution in [-0.4, -0.2) is 13.0 Å². The zero-order valence-electron chi connectivity index (χ0n) is 16.9. The van der Waals surface area contributed by atoms with Gasteiger partial charge in [0.2, 0.25) is 0 Å². The Kier molecular flexibility index (Phi) is 8.51. The first-order valence-electron chi connectivity index (χ1n) is 9.33. The van der Waals surface area contributed by atoms with Gasteiger partial charge in [-0.05, 0) is 81.7 Å². The Labute approximate surface area is 211 Å². The van der Waals surface area contributed by atoms with Crippen LogP contribution in [0.5, 0.6) is 11.5 Å². The Bertz CT molecular complexity index is 1180. The third kappa shape index (κ3) is 6.45. The Morgan fingerprint density at radius 3 is 2.25 bits per heavy atom. The van der Waals surface area contributed by atoms with Gasteiger partial charge in [0.1, 0.15) is 18.2 Å². The third-order valence-corrected chi connectivity index (χ3v) is 5.97. The molecule has 1 amide bonds. The van der Waals surface area contributed by atoms with Crippen LogP contribution in [0.2, 0.25) is 0 Å². The molecule has 0 aliphatic heterocycles. The summed E-state index contributed by atoms with van der Waals surface area (Å²) >= 11 is 10.3. The molecule has 0 heterocycles. The highest BCUT2D eigenvalue weighted by Crippen LogP contribution is 2.38. The molecule has 8 heteroatoms. The van der Waals surface area contributed by atoms with Gasteiger partial charge in [-0.25, -0.2) is 0 Å². The molecule has 0 bridgehead atoms. The normalized spacial score (nSPS) is 10.9. The van der Waals surface area contributed by atoms with Crippen LogP contribution < -0.4 is 14.8 Å². The number of anilines is 1. The average Bonchev–Trinajstić information content (AvgIpc) is 2.79. The molecule has 0 aliphatic carbocycles. The van der Waals surface area contributed by atoms with Crippen LogP contribution in [0.25, 0.3) is 6.08 Å². The lowest BCUT2D eigenvalue weighted by Gasteiger charge is -2.14. The predicted octanol–water partition coefficient (Wildman–Crippen LogP) is 7.11. The molecule has 162 valence electrons. The maximum atomic E-state index is 12.5. The Morgan fingerprint density at radius 1 is 1.03 bits per heavy atom. The van der Waals surface area contributed by atoms with Crippen molar-refractivity contribution in [2.75, 3.05) is 12.4 Å². The van der Waals surface area contributed by atoms with E-state index in [0.717, 1.165) is 14.5 Å². The van der Waals surface area contributed by atoms with Crippen molar-refractivity contribution >= 4 is 65.5 Å². The molecule has 3 aromatic rings. The summed E-state index contributed by atoms with van der Waals surface area (Å²) in [5.41, 5.74) is 2.18. The van der Waals surface area contributed by atoms with Crippen molar-refractivity contribution in [3.63, 3.8) is 0 Å². The maximum absolute atomic E-state index is 12.5. The number of carbonyl (C=O) groups is 1. The largest absolute Gasteiger partial charge is 0.493 e. The number of nitriles is 1. The summed E-state index contributed by atoms with van der Waals surface area (Å²) in [5.74, 6) is 0.513. The molecule has 1 N–H and O–H groups in total. The van der Waals surface area contributed by atoms with Gasteiger partial charge in [0.15, 0.2) is 11.5 Å². The second-order valence-corrected chi connectivity index (χ2v) is 9.27. The van der Waals surface area contributed by atoms with E-state index in [9.17, 15) is 10.1 Å². The van der Waals surface area contributed by atoms with Gasteiger partial charge in [-0.3, -0.25) is 4.79 Å². The molecule has 0 fully saturated rings. The highest BCUT2D eigenvalue weighted by atomic mass is 79.9. The Hall–Kier alpha value is -2.60. The zero-order valence-corrected chi connectivity index (χ0v) is 21.6. The number of benzene rings is 3. The minimum atomic E-state index is -0.500. The quantitative estimate of drug-likeness (QED) is 0.226. The summed E-state index contributed by atoms with van der Waals surface area (Å²) in [5, 5.41) is 12.2. The molecule has 3 aromatic carbocycles. The number of nitrogens with zero attached hydrogens (tertiary/aromatic N) is 1.